The maximum Gasteiger partial charge on any atom is 0.217 e. The van der Waals surface area contributed by atoms with Crippen molar-refractivity contribution in [1.82, 2.24) is 14.8 Å². The lowest BCUT2D eigenvalue weighted by molar-refractivity contribution is 0.0969. The summed E-state index contributed by atoms with van der Waals surface area (Å²) in [6.45, 7) is 3.00. The highest BCUT2D eigenvalue weighted by Crippen LogP contribution is 2.12. The summed E-state index contributed by atoms with van der Waals surface area (Å²) in [5.41, 5.74) is 0. The molecule has 0 spiro atoms. The van der Waals surface area contributed by atoms with Crippen LogP contribution in [-0.4, -0.2) is 20.5 Å². The lowest BCUT2D eigenvalue weighted by Gasteiger charge is -1.93. The highest BCUT2D eigenvalue weighted by molar-refractivity contribution is 5.92. The van der Waals surface area contributed by atoms with E-state index in [9.17, 15) is 4.79 Å². The summed E-state index contributed by atoms with van der Waals surface area (Å²) < 4.78 is 1.86. The topological polar surface area (TPSA) is 47.8 Å². The first kappa shape index (κ1) is 9.37. The van der Waals surface area contributed by atoms with Crippen molar-refractivity contribution in [3.8, 4) is 0 Å². The van der Waals surface area contributed by atoms with Gasteiger partial charge in [-0.25, -0.2) is 9.67 Å². The molecule has 2 heterocycles. The fourth-order valence-corrected chi connectivity index (χ4v) is 1.69. The molecule has 0 unspecified atom stereocenters. The molecule has 4 nitrogen and oxygen atoms in total. The van der Waals surface area contributed by atoms with Gasteiger partial charge in [-0.3, -0.25) is 4.79 Å². The molecular weight excluding hydrogens is 178 g/mol. The average molecular weight is 193 g/mol. The molecule has 0 atom stereocenters. The first-order valence-corrected chi connectivity index (χ1v) is 5.28. The molecule has 2 rings (SSSR count). The zero-order valence-corrected chi connectivity index (χ0v) is 8.49. The Morgan fingerprint density at radius 3 is 3.14 bits per heavy atom. The minimum absolute atomic E-state index is 0.0914. The van der Waals surface area contributed by atoms with Crippen LogP contribution in [0.4, 0.5) is 0 Å². The Balaban J connectivity index is 2.06. The summed E-state index contributed by atoms with van der Waals surface area (Å²) in [6.07, 6.45) is 4.63. The van der Waals surface area contributed by atoms with Gasteiger partial charge in [-0.1, -0.05) is 13.3 Å². The quantitative estimate of drug-likeness (QED) is 0.682. The van der Waals surface area contributed by atoms with Gasteiger partial charge in [-0.05, 0) is 12.8 Å². The maximum atomic E-state index is 11.6. The number of carbonyl (C=O) groups is 1. The third kappa shape index (κ3) is 1.69. The zero-order valence-electron chi connectivity index (χ0n) is 8.49. The van der Waals surface area contributed by atoms with E-state index >= 15 is 0 Å². The molecule has 4 heteroatoms. The van der Waals surface area contributed by atoms with Gasteiger partial charge in [-0.15, -0.1) is 5.10 Å². The van der Waals surface area contributed by atoms with Crippen molar-refractivity contribution in [3.63, 3.8) is 0 Å². The molecule has 1 aromatic rings. The molecule has 0 radical (unpaired) electrons. The van der Waals surface area contributed by atoms with E-state index in [0.29, 0.717) is 12.2 Å². The Morgan fingerprint density at radius 1 is 1.57 bits per heavy atom. The van der Waals surface area contributed by atoms with Crippen molar-refractivity contribution in [2.24, 2.45) is 0 Å². The Labute approximate surface area is 83.3 Å². The normalized spacial score (nSPS) is 14.4. The van der Waals surface area contributed by atoms with Gasteiger partial charge < -0.3 is 0 Å². The number of rotatable bonds is 4. The molecule has 1 aliphatic rings. The van der Waals surface area contributed by atoms with E-state index in [1.54, 1.807) is 0 Å². The number of hydrogen-bond acceptors (Lipinski definition) is 3. The van der Waals surface area contributed by atoms with Gasteiger partial charge in [0, 0.05) is 19.4 Å². The summed E-state index contributed by atoms with van der Waals surface area (Å²) >= 11 is 0. The largest absolute Gasteiger partial charge is 0.291 e. The van der Waals surface area contributed by atoms with Crippen LogP contribution in [0.2, 0.25) is 0 Å². The summed E-state index contributed by atoms with van der Waals surface area (Å²) in [4.78, 5) is 15.8. The van der Waals surface area contributed by atoms with Crippen LogP contribution in [0.25, 0.3) is 0 Å². The summed E-state index contributed by atoms with van der Waals surface area (Å²) in [5.74, 6) is 1.49. The maximum absolute atomic E-state index is 11.6. The van der Waals surface area contributed by atoms with Gasteiger partial charge in [-0.2, -0.15) is 0 Å². The van der Waals surface area contributed by atoms with Gasteiger partial charge >= 0.3 is 0 Å². The number of nitrogens with zero attached hydrogens (tertiary/aromatic N) is 3. The molecule has 0 aliphatic carbocycles. The number of aryl methyl sites for hydroxylation is 2. The molecule has 76 valence electrons. The first-order chi connectivity index (χ1) is 6.81. The van der Waals surface area contributed by atoms with E-state index < -0.39 is 0 Å². The smallest absolute Gasteiger partial charge is 0.217 e. The van der Waals surface area contributed by atoms with Crippen molar-refractivity contribution < 1.29 is 4.79 Å². The third-order valence-electron chi connectivity index (χ3n) is 2.53. The predicted molar refractivity (Wildman–Crippen MR) is 52.2 cm³/mol. The molecule has 0 saturated carbocycles. The molecule has 0 aromatic carbocycles. The van der Waals surface area contributed by atoms with Gasteiger partial charge in [0.15, 0.2) is 0 Å². The number of aromatic nitrogens is 3. The van der Waals surface area contributed by atoms with Crippen molar-refractivity contribution >= 4 is 5.78 Å². The van der Waals surface area contributed by atoms with Crippen molar-refractivity contribution in [3.05, 3.63) is 11.6 Å². The molecule has 0 saturated heterocycles. The lowest BCUT2D eigenvalue weighted by Crippen LogP contribution is -2.03. The predicted octanol–water partition coefficient (Wildman–Crippen LogP) is 1.60. The van der Waals surface area contributed by atoms with Gasteiger partial charge in [0.05, 0.1) is 0 Å². The number of carbonyl (C=O) groups excluding carboxylic acids is 1. The number of fused-ring (bicyclic) bond motifs is 1. The van der Waals surface area contributed by atoms with E-state index in [1.807, 2.05) is 4.68 Å². The standard InChI is InChI=1S/C10H15N3O/c1-2-3-5-8(14)10-11-9-6-4-7-13(9)12-10/h2-7H2,1H3. The number of ketones is 1. The third-order valence-corrected chi connectivity index (χ3v) is 2.53. The minimum Gasteiger partial charge on any atom is -0.291 e. The second-order valence-electron chi connectivity index (χ2n) is 3.71. The molecule has 0 fully saturated rings. The summed E-state index contributed by atoms with van der Waals surface area (Å²) in [6, 6.07) is 0. The number of hydrogen-bond donors (Lipinski definition) is 0. The van der Waals surface area contributed by atoms with Crippen LogP contribution in [0.3, 0.4) is 0 Å². The minimum atomic E-state index is 0.0914. The second-order valence-corrected chi connectivity index (χ2v) is 3.71. The molecule has 0 amide bonds. The SMILES string of the molecule is CCCCC(=O)c1nc2n(n1)CCC2. The lowest BCUT2D eigenvalue weighted by atomic mass is 10.2. The number of Topliss-reactive ketones (excluding diaryl/α,β-unsaturated/α-hetero) is 1. The van der Waals surface area contributed by atoms with Gasteiger partial charge in [0.25, 0.3) is 0 Å². The second kappa shape index (κ2) is 3.90. The summed E-state index contributed by atoms with van der Waals surface area (Å²) in [5, 5.41) is 4.20. The van der Waals surface area contributed by atoms with Crippen LogP contribution in [-0.2, 0) is 13.0 Å². The Kier molecular flexibility index (Phi) is 2.61. The number of unbranched alkanes of at least 4 members (excludes halogenated alkanes) is 1. The van der Waals surface area contributed by atoms with E-state index in [2.05, 4.69) is 17.0 Å². The van der Waals surface area contributed by atoms with Crippen LogP contribution >= 0.6 is 0 Å². The van der Waals surface area contributed by atoms with Crippen LogP contribution in [0, 0.1) is 0 Å². The van der Waals surface area contributed by atoms with E-state index in [1.165, 1.54) is 0 Å². The fourth-order valence-electron chi connectivity index (χ4n) is 1.69. The Hall–Kier alpha value is -1.19. The van der Waals surface area contributed by atoms with Crippen molar-refractivity contribution in [2.45, 2.75) is 45.6 Å². The Morgan fingerprint density at radius 2 is 2.43 bits per heavy atom. The van der Waals surface area contributed by atoms with E-state index in [0.717, 1.165) is 38.1 Å². The van der Waals surface area contributed by atoms with Gasteiger partial charge in [0.2, 0.25) is 11.6 Å². The molecule has 0 N–H and O–H groups in total. The van der Waals surface area contributed by atoms with Crippen molar-refractivity contribution in [2.75, 3.05) is 0 Å². The van der Waals surface area contributed by atoms with Crippen LogP contribution in [0.1, 0.15) is 49.1 Å². The van der Waals surface area contributed by atoms with E-state index in [-0.39, 0.29) is 5.78 Å². The van der Waals surface area contributed by atoms with Gasteiger partial charge in [0.1, 0.15) is 5.82 Å². The average Bonchev–Trinajstić information content (AvgIpc) is 2.72. The zero-order chi connectivity index (χ0) is 9.97. The molecule has 14 heavy (non-hydrogen) atoms. The molecule has 0 bridgehead atoms. The highest BCUT2D eigenvalue weighted by Gasteiger charge is 2.18. The monoisotopic (exact) mass is 193 g/mol. The van der Waals surface area contributed by atoms with Crippen LogP contribution < -0.4 is 0 Å². The first-order valence-electron chi connectivity index (χ1n) is 5.28. The van der Waals surface area contributed by atoms with Crippen LogP contribution in [0.5, 0.6) is 0 Å². The highest BCUT2D eigenvalue weighted by atomic mass is 16.1. The Bertz CT molecular complexity index is 322. The molecule has 1 aliphatic heterocycles. The fraction of sp³-hybridized carbons (Fsp3) is 0.700. The van der Waals surface area contributed by atoms with Crippen molar-refractivity contribution in [1.29, 1.82) is 0 Å². The van der Waals surface area contributed by atoms with Crippen LogP contribution in [0.15, 0.2) is 0 Å². The van der Waals surface area contributed by atoms with E-state index in [4.69, 9.17) is 0 Å². The molecular formula is C10H15N3O. The summed E-state index contributed by atoms with van der Waals surface area (Å²) in [7, 11) is 0. The molecule has 1 aromatic heterocycles.